The third-order valence-corrected chi connectivity index (χ3v) is 7.65. The number of benzene rings is 1. The van der Waals surface area contributed by atoms with Crippen LogP contribution in [0.2, 0.25) is 0 Å². The first-order valence-electron chi connectivity index (χ1n) is 11.7. The molecule has 178 valence electrons. The molecule has 2 aliphatic rings. The minimum absolute atomic E-state index is 0.0958. The summed E-state index contributed by atoms with van der Waals surface area (Å²) in [4.78, 5) is 38.2. The summed E-state index contributed by atoms with van der Waals surface area (Å²) in [5.41, 5.74) is 4.93. The first-order chi connectivity index (χ1) is 17.0. The van der Waals surface area contributed by atoms with Crippen LogP contribution in [0.3, 0.4) is 0 Å². The van der Waals surface area contributed by atoms with Crippen molar-refractivity contribution in [3.8, 4) is 11.3 Å². The zero-order valence-electron chi connectivity index (χ0n) is 19.1. The van der Waals surface area contributed by atoms with Gasteiger partial charge in [-0.05, 0) is 42.7 Å². The fraction of sp³-hybridized carbons (Fsp3) is 0.308. The number of nitrogens with one attached hydrogen (secondary N) is 2. The highest BCUT2D eigenvalue weighted by atomic mass is 79.9. The van der Waals surface area contributed by atoms with E-state index in [2.05, 4.69) is 59.1 Å². The van der Waals surface area contributed by atoms with Crippen LogP contribution in [-0.2, 0) is 22.5 Å². The van der Waals surface area contributed by atoms with E-state index >= 15 is 0 Å². The Labute approximate surface area is 210 Å². The van der Waals surface area contributed by atoms with Gasteiger partial charge in [0, 0.05) is 58.4 Å². The fourth-order valence-corrected chi connectivity index (χ4v) is 5.83. The third-order valence-electron chi connectivity index (χ3n) is 7.16. The molecular formula is C26H24BrN5O3. The number of carbonyl (C=O) groups is 2. The standard InChI is InChI=1S/C26H24BrN5O3/c1-35-26(34)31-19-5-3-14-6-7-32-13-17(9-22(33)23(19)24(14)32)25-29-12-21(30-25)16-8-15-2-4-18(27)10-20(15)28-11-16/h2,4,6-8,10-12,17,19,23H,3,5,9,13H2,1H3,(H,29,30)(H,31,34)/t17-,19-,23?/m0/s1. The van der Waals surface area contributed by atoms with Crippen LogP contribution >= 0.6 is 15.9 Å². The van der Waals surface area contributed by atoms with Gasteiger partial charge >= 0.3 is 6.09 Å². The number of aryl methyl sites for hydroxylation is 1. The number of pyridine rings is 1. The maximum absolute atomic E-state index is 13.5. The summed E-state index contributed by atoms with van der Waals surface area (Å²) in [5, 5.41) is 3.93. The van der Waals surface area contributed by atoms with Crippen LogP contribution in [0.15, 0.2) is 53.4 Å². The van der Waals surface area contributed by atoms with Crippen molar-refractivity contribution in [3.63, 3.8) is 0 Å². The van der Waals surface area contributed by atoms with Crippen LogP contribution in [0.25, 0.3) is 22.2 Å². The lowest BCUT2D eigenvalue weighted by Crippen LogP contribution is -2.44. The molecule has 0 spiro atoms. The monoisotopic (exact) mass is 533 g/mol. The van der Waals surface area contributed by atoms with Crippen molar-refractivity contribution in [1.29, 1.82) is 0 Å². The van der Waals surface area contributed by atoms with Gasteiger partial charge < -0.3 is 19.6 Å². The molecule has 1 unspecified atom stereocenters. The van der Waals surface area contributed by atoms with Crippen LogP contribution in [-0.4, -0.2) is 44.5 Å². The van der Waals surface area contributed by atoms with Gasteiger partial charge in [-0.15, -0.1) is 0 Å². The molecule has 0 bridgehead atoms. The van der Waals surface area contributed by atoms with E-state index in [1.54, 1.807) is 0 Å². The van der Waals surface area contributed by atoms with E-state index in [0.29, 0.717) is 19.4 Å². The number of hydrogen-bond acceptors (Lipinski definition) is 5. The molecule has 1 aromatic carbocycles. The van der Waals surface area contributed by atoms with Crippen molar-refractivity contribution in [3.05, 3.63) is 70.5 Å². The van der Waals surface area contributed by atoms with Crippen molar-refractivity contribution >= 4 is 38.7 Å². The highest BCUT2D eigenvalue weighted by Gasteiger charge is 2.41. The van der Waals surface area contributed by atoms with E-state index < -0.39 is 6.09 Å². The minimum Gasteiger partial charge on any atom is -0.453 e. The molecule has 3 aromatic heterocycles. The number of aromatic nitrogens is 4. The Hall–Kier alpha value is -3.46. The molecule has 0 fully saturated rings. The average Bonchev–Trinajstić information content (AvgIpc) is 3.47. The number of H-pyrrole nitrogens is 1. The van der Waals surface area contributed by atoms with Gasteiger partial charge in [-0.3, -0.25) is 9.78 Å². The molecule has 1 aliphatic carbocycles. The number of Topliss-reactive ketones (excluding diaryl/α,β-unsaturated/α-hetero) is 1. The molecule has 2 N–H and O–H groups in total. The number of methoxy groups -OCH3 is 1. The van der Waals surface area contributed by atoms with E-state index in [4.69, 9.17) is 4.74 Å². The number of nitrogens with zero attached hydrogens (tertiary/aromatic N) is 3. The number of carbonyl (C=O) groups excluding carboxylic acids is 2. The second-order valence-electron chi connectivity index (χ2n) is 9.25. The summed E-state index contributed by atoms with van der Waals surface area (Å²) in [6, 6.07) is 9.93. The summed E-state index contributed by atoms with van der Waals surface area (Å²) < 4.78 is 7.96. The van der Waals surface area contributed by atoms with Crippen LogP contribution in [0, 0.1) is 0 Å². The number of rotatable bonds is 3. The van der Waals surface area contributed by atoms with E-state index in [1.165, 1.54) is 12.7 Å². The molecule has 1 amide bonds. The van der Waals surface area contributed by atoms with Crippen LogP contribution in [0.4, 0.5) is 4.79 Å². The molecule has 9 heteroatoms. The second kappa shape index (κ2) is 8.64. The number of aromatic amines is 1. The predicted octanol–water partition coefficient (Wildman–Crippen LogP) is 4.70. The maximum Gasteiger partial charge on any atom is 0.407 e. The highest BCUT2D eigenvalue weighted by Crippen LogP contribution is 2.40. The topological polar surface area (TPSA) is 102 Å². The third kappa shape index (κ3) is 3.93. The zero-order chi connectivity index (χ0) is 24.1. The summed E-state index contributed by atoms with van der Waals surface area (Å²) in [5.74, 6) is 0.423. The molecule has 6 rings (SSSR count). The van der Waals surface area contributed by atoms with E-state index in [1.807, 2.05) is 30.6 Å². The van der Waals surface area contributed by atoms with Crippen LogP contribution < -0.4 is 5.32 Å². The van der Waals surface area contributed by atoms with Crippen molar-refractivity contribution in [1.82, 2.24) is 24.8 Å². The first kappa shape index (κ1) is 22.0. The quantitative estimate of drug-likeness (QED) is 0.397. The van der Waals surface area contributed by atoms with Crippen LogP contribution in [0.1, 0.15) is 41.8 Å². The summed E-state index contributed by atoms with van der Waals surface area (Å²) in [6.45, 7) is 0.652. The smallest absolute Gasteiger partial charge is 0.407 e. The zero-order valence-corrected chi connectivity index (χ0v) is 20.7. The average molecular weight is 534 g/mol. The number of halogens is 1. The van der Waals surface area contributed by atoms with Crippen molar-refractivity contribution < 1.29 is 14.3 Å². The summed E-state index contributed by atoms with van der Waals surface area (Å²) in [7, 11) is 1.34. The van der Waals surface area contributed by atoms with Gasteiger partial charge in [-0.2, -0.15) is 0 Å². The number of ether oxygens (including phenoxy) is 1. The number of hydrogen-bond donors (Lipinski definition) is 2. The Morgan fingerprint density at radius 1 is 1.23 bits per heavy atom. The Morgan fingerprint density at radius 2 is 2.11 bits per heavy atom. The number of ketones is 1. The SMILES string of the molecule is COC(=O)N[C@H]1CCc2ccn3c2C1C(=O)C[C@H](c1ncc(-c2cnc4cc(Br)ccc4c2)[nH]1)C3. The van der Waals surface area contributed by atoms with Crippen molar-refractivity contribution in [2.45, 2.75) is 43.7 Å². The fourth-order valence-electron chi connectivity index (χ4n) is 5.48. The number of alkyl carbamates (subject to hydrolysis) is 1. The summed E-state index contributed by atoms with van der Waals surface area (Å²) >= 11 is 3.49. The van der Waals surface area contributed by atoms with Gasteiger partial charge in [0.05, 0.1) is 30.4 Å². The van der Waals surface area contributed by atoms with Crippen LogP contribution in [0.5, 0.6) is 0 Å². The first-order valence-corrected chi connectivity index (χ1v) is 12.4. The van der Waals surface area contributed by atoms with Gasteiger partial charge in [0.25, 0.3) is 0 Å². The largest absolute Gasteiger partial charge is 0.453 e. The Morgan fingerprint density at radius 3 is 2.97 bits per heavy atom. The normalized spacial score (nSPS) is 21.4. The van der Waals surface area contributed by atoms with E-state index in [0.717, 1.165) is 44.6 Å². The van der Waals surface area contributed by atoms with Gasteiger partial charge in [-0.25, -0.2) is 9.78 Å². The molecule has 1 aliphatic heterocycles. The molecular weight excluding hydrogens is 510 g/mol. The molecule has 0 saturated carbocycles. The molecule has 0 radical (unpaired) electrons. The molecule has 8 nitrogen and oxygen atoms in total. The maximum atomic E-state index is 13.5. The lowest BCUT2D eigenvalue weighted by molar-refractivity contribution is -0.121. The predicted molar refractivity (Wildman–Crippen MR) is 134 cm³/mol. The molecule has 0 saturated heterocycles. The van der Waals surface area contributed by atoms with Crippen molar-refractivity contribution in [2.24, 2.45) is 0 Å². The molecule has 35 heavy (non-hydrogen) atoms. The highest BCUT2D eigenvalue weighted by molar-refractivity contribution is 9.10. The lowest BCUT2D eigenvalue weighted by Gasteiger charge is -2.31. The minimum atomic E-state index is -0.503. The number of imidazole rings is 1. The number of fused-ring (bicyclic) bond motifs is 1. The Kier molecular flexibility index (Phi) is 5.44. The van der Waals surface area contributed by atoms with E-state index in [9.17, 15) is 9.59 Å². The lowest BCUT2D eigenvalue weighted by atomic mass is 9.79. The summed E-state index contributed by atoms with van der Waals surface area (Å²) in [6.07, 6.45) is 7.08. The van der Waals surface area contributed by atoms with E-state index in [-0.39, 0.29) is 23.7 Å². The Bertz CT molecular complexity index is 1460. The van der Waals surface area contributed by atoms with Gasteiger partial charge in [-0.1, -0.05) is 22.0 Å². The van der Waals surface area contributed by atoms with Gasteiger partial charge in [0.15, 0.2) is 0 Å². The van der Waals surface area contributed by atoms with Crippen molar-refractivity contribution in [2.75, 3.05) is 7.11 Å². The van der Waals surface area contributed by atoms with Gasteiger partial charge in [0.2, 0.25) is 0 Å². The second-order valence-corrected chi connectivity index (χ2v) is 10.2. The molecule has 4 heterocycles. The van der Waals surface area contributed by atoms with Gasteiger partial charge in [0.1, 0.15) is 11.6 Å². The number of amides is 1. The molecule has 3 atom stereocenters. The Balaban J connectivity index is 1.30. The molecule has 4 aromatic rings.